The lowest BCUT2D eigenvalue weighted by atomic mass is 10.1. The van der Waals surface area contributed by atoms with Gasteiger partial charge in [0.2, 0.25) is 17.6 Å². The van der Waals surface area contributed by atoms with Crippen LogP contribution in [-0.4, -0.2) is 99.3 Å². The molecule has 3 rings (SSSR count). The second kappa shape index (κ2) is 11.7. The third kappa shape index (κ3) is 6.39. The van der Waals surface area contributed by atoms with E-state index >= 15 is 0 Å². The predicted molar refractivity (Wildman–Crippen MR) is 125 cm³/mol. The molecule has 11 nitrogen and oxygen atoms in total. The highest BCUT2D eigenvalue weighted by Gasteiger charge is 2.23. The molecule has 34 heavy (non-hydrogen) atoms. The van der Waals surface area contributed by atoms with Crippen molar-refractivity contribution >= 4 is 17.6 Å². The van der Waals surface area contributed by atoms with Crippen LogP contribution >= 0.6 is 0 Å². The average Bonchev–Trinajstić information content (AvgIpc) is 3.23. The van der Waals surface area contributed by atoms with Crippen LogP contribution in [0.4, 0.5) is 5.82 Å². The number of nitrogens with zero attached hydrogens (tertiary/aromatic N) is 4. The number of rotatable bonds is 10. The molecule has 0 atom stereocenters. The summed E-state index contributed by atoms with van der Waals surface area (Å²) in [4.78, 5) is 30.9. The number of carbonyl (C=O) groups is 2. The Morgan fingerprint density at radius 1 is 1.03 bits per heavy atom. The first kappa shape index (κ1) is 25.3. The fraction of sp³-hybridized carbons (Fsp3) is 0.522. The van der Waals surface area contributed by atoms with E-state index in [0.29, 0.717) is 68.1 Å². The second-order valence-corrected chi connectivity index (χ2v) is 8.17. The Balaban J connectivity index is 1.47. The number of hydrogen-bond donors (Lipinski definition) is 1. The second-order valence-electron chi connectivity index (χ2n) is 8.17. The van der Waals surface area contributed by atoms with Crippen molar-refractivity contribution in [1.29, 1.82) is 0 Å². The van der Waals surface area contributed by atoms with Crippen molar-refractivity contribution in [3.8, 4) is 17.2 Å². The summed E-state index contributed by atoms with van der Waals surface area (Å²) in [6.45, 7) is 5.54. The molecule has 11 heteroatoms. The van der Waals surface area contributed by atoms with E-state index in [2.05, 4.69) is 20.3 Å². The molecule has 0 aliphatic carbocycles. The van der Waals surface area contributed by atoms with Crippen molar-refractivity contribution in [2.75, 3.05) is 73.0 Å². The van der Waals surface area contributed by atoms with Gasteiger partial charge in [0.1, 0.15) is 5.76 Å². The summed E-state index contributed by atoms with van der Waals surface area (Å²) in [5.74, 6) is 2.55. The van der Waals surface area contributed by atoms with E-state index in [1.54, 1.807) is 52.3 Å². The molecule has 1 aromatic heterocycles. The van der Waals surface area contributed by atoms with Gasteiger partial charge in [-0.3, -0.25) is 19.4 Å². The molecule has 0 unspecified atom stereocenters. The summed E-state index contributed by atoms with van der Waals surface area (Å²) in [6, 6.07) is 5.35. The molecule has 1 aromatic carbocycles. The smallest absolute Gasteiger partial charge is 0.239 e. The molecular formula is C23H33N5O6. The highest BCUT2D eigenvalue weighted by molar-refractivity contribution is 5.91. The SMILES string of the molecule is COc1ccc(CN(C)C(=O)CN2CCN(CC(=O)Nc3cc(C)on3)CC2)c(OC)c1OC. The lowest BCUT2D eigenvalue weighted by molar-refractivity contribution is -0.132. The number of nitrogens with one attached hydrogen (secondary N) is 1. The highest BCUT2D eigenvalue weighted by Crippen LogP contribution is 2.40. The molecule has 1 N–H and O–H groups in total. The van der Waals surface area contributed by atoms with Gasteiger partial charge in [-0.05, 0) is 19.1 Å². The summed E-state index contributed by atoms with van der Waals surface area (Å²) < 4.78 is 21.2. The molecule has 186 valence electrons. The summed E-state index contributed by atoms with van der Waals surface area (Å²) in [6.07, 6.45) is 0. The predicted octanol–water partition coefficient (Wildman–Crippen LogP) is 1.22. The van der Waals surface area contributed by atoms with Crippen molar-refractivity contribution in [1.82, 2.24) is 19.9 Å². The van der Waals surface area contributed by atoms with E-state index < -0.39 is 0 Å². The van der Waals surface area contributed by atoms with Crippen LogP contribution in [0.2, 0.25) is 0 Å². The van der Waals surface area contributed by atoms with Crippen molar-refractivity contribution in [2.24, 2.45) is 0 Å². The maximum Gasteiger partial charge on any atom is 0.239 e. The van der Waals surface area contributed by atoms with E-state index in [1.165, 1.54) is 0 Å². The van der Waals surface area contributed by atoms with E-state index in [1.807, 2.05) is 6.07 Å². The number of amides is 2. The van der Waals surface area contributed by atoms with E-state index in [4.69, 9.17) is 18.7 Å². The first-order chi connectivity index (χ1) is 16.3. The number of aromatic nitrogens is 1. The number of carbonyl (C=O) groups excluding carboxylic acids is 2. The molecule has 1 fully saturated rings. The van der Waals surface area contributed by atoms with Gasteiger partial charge >= 0.3 is 0 Å². The number of hydrogen-bond acceptors (Lipinski definition) is 9. The summed E-state index contributed by atoms with van der Waals surface area (Å²) in [5.41, 5.74) is 0.828. The molecule has 1 aliphatic rings. The molecule has 0 spiro atoms. The van der Waals surface area contributed by atoms with Crippen LogP contribution in [0.1, 0.15) is 11.3 Å². The molecule has 2 amide bonds. The molecule has 2 heterocycles. The Bertz CT molecular complexity index is 986. The summed E-state index contributed by atoms with van der Waals surface area (Å²) in [7, 11) is 6.45. The summed E-state index contributed by atoms with van der Waals surface area (Å²) in [5, 5.41) is 6.50. The molecular weight excluding hydrogens is 442 g/mol. The minimum Gasteiger partial charge on any atom is -0.493 e. The van der Waals surface area contributed by atoms with Gasteiger partial charge in [-0.2, -0.15) is 0 Å². The molecule has 0 saturated carbocycles. The zero-order valence-electron chi connectivity index (χ0n) is 20.4. The lowest BCUT2D eigenvalue weighted by Crippen LogP contribution is -2.51. The average molecular weight is 476 g/mol. The largest absolute Gasteiger partial charge is 0.493 e. The third-order valence-electron chi connectivity index (χ3n) is 5.71. The van der Waals surface area contributed by atoms with Gasteiger partial charge in [-0.25, -0.2) is 0 Å². The normalized spacial score (nSPS) is 14.5. The molecule has 1 aliphatic heterocycles. The van der Waals surface area contributed by atoms with E-state index in [9.17, 15) is 9.59 Å². The van der Waals surface area contributed by atoms with Gasteiger partial charge in [0, 0.05) is 51.4 Å². The standard InChI is InChI=1S/C23H33N5O6/c1-16-12-19(25-34-16)24-20(29)14-27-8-10-28(11-9-27)15-21(30)26(2)13-17-6-7-18(31-3)23(33-5)22(17)32-4/h6-7,12H,8-11,13-15H2,1-5H3,(H,24,25,29). The first-order valence-corrected chi connectivity index (χ1v) is 11.0. The van der Waals surface area contributed by atoms with Crippen LogP contribution in [0.5, 0.6) is 17.2 Å². The fourth-order valence-electron chi connectivity index (χ4n) is 3.86. The Hall–Kier alpha value is -3.31. The van der Waals surface area contributed by atoms with E-state index in [-0.39, 0.29) is 18.4 Å². The maximum atomic E-state index is 12.9. The number of methoxy groups -OCH3 is 3. The highest BCUT2D eigenvalue weighted by atomic mass is 16.5. The topological polar surface area (TPSA) is 110 Å². The van der Waals surface area contributed by atoms with E-state index in [0.717, 1.165) is 5.56 Å². The van der Waals surface area contributed by atoms with Gasteiger partial charge in [0.05, 0.1) is 34.4 Å². The Morgan fingerprint density at radius 3 is 2.24 bits per heavy atom. The van der Waals surface area contributed by atoms with Crippen molar-refractivity contribution in [2.45, 2.75) is 13.5 Å². The Labute approximate surface area is 199 Å². The number of anilines is 1. The summed E-state index contributed by atoms with van der Waals surface area (Å²) >= 11 is 0. The van der Waals surface area contributed by atoms with Crippen LogP contribution < -0.4 is 19.5 Å². The van der Waals surface area contributed by atoms with Gasteiger partial charge in [-0.15, -0.1) is 0 Å². The van der Waals surface area contributed by atoms with Crippen molar-refractivity contribution in [3.05, 3.63) is 29.5 Å². The number of benzene rings is 1. The van der Waals surface area contributed by atoms with Crippen LogP contribution in [0.3, 0.4) is 0 Å². The van der Waals surface area contributed by atoms with Gasteiger partial charge in [0.15, 0.2) is 17.3 Å². The van der Waals surface area contributed by atoms with Crippen LogP contribution in [-0.2, 0) is 16.1 Å². The Morgan fingerprint density at radius 2 is 1.68 bits per heavy atom. The third-order valence-corrected chi connectivity index (χ3v) is 5.71. The maximum absolute atomic E-state index is 12.9. The zero-order chi connectivity index (χ0) is 24.7. The Kier molecular flexibility index (Phi) is 8.72. The lowest BCUT2D eigenvalue weighted by Gasteiger charge is -2.34. The molecule has 1 saturated heterocycles. The number of ether oxygens (including phenoxy) is 3. The van der Waals surface area contributed by atoms with Gasteiger partial charge in [-0.1, -0.05) is 5.16 Å². The van der Waals surface area contributed by atoms with Gasteiger partial charge < -0.3 is 29.0 Å². The quantitative estimate of drug-likeness (QED) is 0.542. The monoisotopic (exact) mass is 475 g/mol. The number of piperazine rings is 1. The minimum absolute atomic E-state index is 0.00410. The fourth-order valence-corrected chi connectivity index (χ4v) is 3.86. The van der Waals surface area contributed by atoms with Gasteiger partial charge in [0.25, 0.3) is 0 Å². The van der Waals surface area contributed by atoms with Crippen molar-refractivity contribution in [3.63, 3.8) is 0 Å². The van der Waals surface area contributed by atoms with Crippen LogP contribution in [0.25, 0.3) is 0 Å². The molecule has 0 radical (unpaired) electrons. The van der Waals surface area contributed by atoms with Crippen molar-refractivity contribution < 1.29 is 28.3 Å². The minimum atomic E-state index is -0.138. The first-order valence-electron chi connectivity index (χ1n) is 11.0. The number of aryl methyl sites for hydroxylation is 1. The van der Waals surface area contributed by atoms with Crippen LogP contribution in [0.15, 0.2) is 22.7 Å². The van der Waals surface area contributed by atoms with Crippen LogP contribution in [0, 0.1) is 6.92 Å². The zero-order valence-corrected chi connectivity index (χ0v) is 20.4. The molecule has 0 bridgehead atoms. The number of likely N-dealkylation sites (N-methyl/N-ethyl adjacent to an activating group) is 1. The molecule has 2 aromatic rings.